The van der Waals surface area contributed by atoms with Gasteiger partial charge in [-0.1, -0.05) is 12.1 Å². The number of rotatable bonds is 4. The molecule has 1 aromatic carbocycles. The molecule has 26 heavy (non-hydrogen) atoms. The van der Waals surface area contributed by atoms with Gasteiger partial charge >= 0.3 is 0 Å². The maximum absolute atomic E-state index is 12.3. The second-order valence-electron chi connectivity index (χ2n) is 6.47. The molecule has 8 heteroatoms. The number of carbonyl (C=O) groups excluding carboxylic acids is 1. The summed E-state index contributed by atoms with van der Waals surface area (Å²) in [6.45, 7) is 4.02. The Morgan fingerprint density at radius 3 is 2.58 bits per heavy atom. The number of benzene rings is 1. The normalized spacial score (nSPS) is 15.3. The molecule has 0 radical (unpaired) electrons. The summed E-state index contributed by atoms with van der Waals surface area (Å²) >= 11 is 0. The van der Waals surface area contributed by atoms with E-state index in [2.05, 4.69) is 37.1 Å². The fraction of sp³-hybridized carbons (Fsp3) is 0.333. The van der Waals surface area contributed by atoms with Crippen molar-refractivity contribution in [2.75, 3.05) is 43.4 Å². The summed E-state index contributed by atoms with van der Waals surface area (Å²) in [5.74, 6) is 0.570. The van der Waals surface area contributed by atoms with Crippen LogP contribution in [0.4, 0.5) is 11.6 Å². The summed E-state index contributed by atoms with van der Waals surface area (Å²) in [7, 11) is 2.11. The molecule has 0 saturated carbocycles. The first-order valence-corrected chi connectivity index (χ1v) is 8.64. The smallest absolute Gasteiger partial charge is 0.244 e. The van der Waals surface area contributed by atoms with Gasteiger partial charge in [0.1, 0.15) is 6.54 Å². The van der Waals surface area contributed by atoms with Gasteiger partial charge in [0.25, 0.3) is 0 Å². The number of aromatic nitrogens is 4. The highest BCUT2D eigenvalue weighted by molar-refractivity contribution is 5.91. The molecule has 1 aliphatic heterocycles. The number of anilines is 2. The number of carbonyl (C=O) groups is 1. The highest BCUT2D eigenvalue weighted by atomic mass is 16.1. The molecule has 0 atom stereocenters. The average Bonchev–Trinajstić information content (AvgIpc) is 3.06. The van der Waals surface area contributed by atoms with Gasteiger partial charge in [-0.25, -0.2) is 15.0 Å². The van der Waals surface area contributed by atoms with Crippen molar-refractivity contribution in [1.82, 2.24) is 24.4 Å². The van der Waals surface area contributed by atoms with Gasteiger partial charge in [-0.15, -0.1) is 0 Å². The van der Waals surface area contributed by atoms with E-state index < -0.39 is 0 Å². The maximum Gasteiger partial charge on any atom is 0.244 e. The number of hydrogen-bond donors (Lipinski definition) is 1. The Labute approximate surface area is 151 Å². The first-order chi connectivity index (χ1) is 12.7. The molecule has 3 heterocycles. The second-order valence-corrected chi connectivity index (χ2v) is 6.47. The van der Waals surface area contributed by atoms with Crippen LogP contribution in [0.2, 0.25) is 0 Å². The maximum atomic E-state index is 12.3. The van der Waals surface area contributed by atoms with E-state index in [0.29, 0.717) is 11.6 Å². The molecule has 1 fully saturated rings. The van der Waals surface area contributed by atoms with Crippen LogP contribution in [0, 0.1) is 0 Å². The van der Waals surface area contributed by atoms with Crippen molar-refractivity contribution < 1.29 is 4.79 Å². The largest absolute Gasteiger partial charge is 0.338 e. The zero-order valence-electron chi connectivity index (χ0n) is 14.7. The van der Waals surface area contributed by atoms with Gasteiger partial charge in [0.2, 0.25) is 11.9 Å². The number of hydrogen-bond acceptors (Lipinski definition) is 6. The van der Waals surface area contributed by atoms with E-state index in [9.17, 15) is 4.79 Å². The molecule has 1 saturated heterocycles. The van der Waals surface area contributed by atoms with E-state index >= 15 is 0 Å². The molecule has 0 bridgehead atoms. The summed E-state index contributed by atoms with van der Waals surface area (Å²) in [6.07, 6.45) is 4.99. The number of piperazine rings is 1. The lowest BCUT2D eigenvalue weighted by Crippen LogP contribution is -2.45. The molecule has 1 amide bonds. The molecule has 0 aliphatic carbocycles. The second kappa shape index (κ2) is 7.09. The minimum atomic E-state index is -0.135. The number of fused-ring (bicyclic) bond motifs is 1. The number of likely N-dealkylation sites (N-methyl/N-ethyl adjacent to an activating group) is 1. The van der Waals surface area contributed by atoms with E-state index in [-0.39, 0.29) is 12.5 Å². The first kappa shape index (κ1) is 16.5. The molecule has 4 rings (SSSR count). The fourth-order valence-electron chi connectivity index (χ4n) is 3.05. The number of imidazole rings is 1. The van der Waals surface area contributed by atoms with Crippen molar-refractivity contribution in [3.05, 3.63) is 43.0 Å². The minimum absolute atomic E-state index is 0.135. The molecule has 134 valence electrons. The van der Waals surface area contributed by atoms with Gasteiger partial charge in [-0.05, 0) is 19.2 Å². The van der Waals surface area contributed by atoms with E-state index in [1.165, 1.54) is 0 Å². The Hall–Kier alpha value is -3.00. The number of nitrogens with zero attached hydrogens (tertiary/aromatic N) is 6. The van der Waals surface area contributed by atoms with Crippen LogP contribution in [0.5, 0.6) is 0 Å². The molecule has 3 aromatic rings. The first-order valence-electron chi connectivity index (χ1n) is 8.64. The summed E-state index contributed by atoms with van der Waals surface area (Å²) in [6, 6.07) is 7.74. The van der Waals surface area contributed by atoms with Crippen molar-refractivity contribution >= 4 is 28.6 Å². The Morgan fingerprint density at radius 2 is 1.81 bits per heavy atom. The number of nitrogens with one attached hydrogen (secondary N) is 1. The number of amides is 1. The number of para-hydroxylation sites is 2. The van der Waals surface area contributed by atoms with Crippen LogP contribution in [-0.4, -0.2) is 63.6 Å². The van der Waals surface area contributed by atoms with E-state index in [1.807, 2.05) is 28.8 Å². The summed E-state index contributed by atoms with van der Waals surface area (Å²) < 4.78 is 1.82. The predicted molar refractivity (Wildman–Crippen MR) is 100 cm³/mol. The predicted octanol–water partition coefficient (Wildman–Crippen LogP) is 1.22. The van der Waals surface area contributed by atoms with Crippen molar-refractivity contribution in [3.8, 4) is 0 Å². The third-order valence-corrected chi connectivity index (χ3v) is 4.55. The Balaban J connectivity index is 1.38. The lowest BCUT2D eigenvalue weighted by Gasteiger charge is -2.32. The lowest BCUT2D eigenvalue weighted by atomic mass is 10.3. The lowest BCUT2D eigenvalue weighted by molar-refractivity contribution is -0.116. The standard InChI is InChI=1S/C18H21N7O/c1-23-6-8-24(9-7-23)18-19-10-14(11-20-18)22-17(26)12-25-13-21-15-4-2-3-5-16(15)25/h2-5,10-11,13H,6-9,12H2,1H3,(H,22,26). The Morgan fingerprint density at radius 1 is 1.08 bits per heavy atom. The van der Waals surface area contributed by atoms with E-state index in [4.69, 9.17) is 0 Å². The average molecular weight is 351 g/mol. The summed E-state index contributed by atoms with van der Waals surface area (Å²) in [5, 5.41) is 2.84. The van der Waals surface area contributed by atoms with Crippen molar-refractivity contribution in [2.45, 2.75) is 6.54 Å². The van der Waals surface area contributed by atoms with Crippen molar-refractivity contribution in [3.63, 3.8) is 0 Å². The molecular weight excluding hydrogens is 330 g/mol. The van der Waals surface area contributed by atoms with Gasteiger partial charge < -0.3 is 19.7 Å². The van der Waals surface area contributed by atoms with E-state index in [0.717, 1.165) is 37.2 Å². The molecule has 0 unspecified atom stereocenters. The van der Waals surface area contributed by atoms with Crippen LogP contribution in [0.25, 0.3) is 11.0 Å². The van der Waals surface area contributed by atoms with Gasteiger partial charge in [-0.2, -0.15) is 0 Å². The van der Waals surface area contributed by atoms with Crippen LogP contribution in [0.15, 0.2) is 43.0 Å². The summed E-state index contributed by atoms with van der Waals surface area (Å²) in [4.78, 5) is 29.8. The highest BCUT2D eigenvalue weighted by Gasteiger charge is 2.16. The van der Waals surface area contributed by atoms with Crippen molar-refractivity contribution in [2.24, 2.45) is 0 Å². The Kier molecular flexibility index (Phi) is 4.49. The van der Waals surface area contributed by atoms with Gasteiger partial charge in [0, 0.05) is 26.2 Å². The van der Waals surface area contributed by atoms with Crippen LogP contribution >= 0.6 is 0 Å². The van der Waals surface area contributed by atoms with Crippen LogP contribution in [0.1, 0.15) is 0 Å². The quantitative estimate of drug-likeness (QED) is 0.761. The molecular formula is C18H21N7O. The zero-order chi connectivity index (χ0) is 17.9. The van der Waals surface area contributed by atoms with Crippen LogP contribution in [-0.2, 0) is 11.3 Å². The van der Waals surface area contributed by atoms with Crippen LogP contribution < -0.4 is 10.2 Å². The highest BCUT2D eigenvalue weighted by Crippen LogP contribution is 2.14. The fourth-order valence-corrected chi connectivity index (χ4v) is 3.05. The molecule has 1 aliphatic rings. The zero-order valence-corrected chi connectivity index (χ0v) is 14.7. The van der Waals surface area contributed by atoms with Gasteiger partial charge in [-0.3, -0.25) is 4.79 Å². The SMILES string of the molecule is CN1CCN(c2ncc(NC(=O)Cn3cnc4ccccc43)cn2)CC1. The summed E-state index contributed by atoms with van der Waals surface area (Å²) in [5.41, 5.74) is 2.40. The molecule has 1 N–H and O–H groups in total. The third kappa shape index (κ3) is 3.50. The molecule has 2 aromatic heterocycles. The van der Waals surface area contributed by atoms with Gasteiger partial charge in [0.05, 0.1) is 35.4 Å². The molecule has 0 spiro atoms. The monoisotopic (exact) mass is 351 g/mol. The van der Waals surface area contributed by atoms with Crippen LogP contribution in [0.3, 0.4) is 0 Å². The van der Waals surface area contributed by atoms with Crippen molar-refractivity contribution in [1.29, 1.82) is 0 Å². The third-order valence-electron chi connectivity index (χ3n) is 4.55. The van der Waals surface area contributed by atoms with E-state index in [1.54, 1.807) is 18.7 Å². The topological polar surface area (TPSA) is 79.2 Å². The molecule has 8 nitrogen and oxygen atoms in total. The Bertz CT molecular complexity index is 897. The van der Waals surface area contributed by atoms with Gasteiger partial charge in [0.15, 0.2) is 0 Å². The minimum Gasteiger partial charge on any atom is -0.338 e.